The van der Waals surface area contributed by atoms with E-state index in [2.05, 4.69) is 96.3 Å². The molecule has 5 nitrogen and oxygen atoms in total. The fourth-order valence-corrected chi connectivity index (χ4v) is 3.89. The number of hydrogen-bond acceptors (Lipinski definition) is 5. The molecular weight excluding hydrogens is 348 g/mol. The van der Waals surface area contributed by atoms with E-state index >= 15 is 0 Å². The van der Waals surface area contributed by atoms with Gasteiger partial charge in [0.2, 0.25) is 0 Å². The Morgan fingerprint density at radius 2 is 1.04 bits per heavy atom. The summed E-state index contributed by atoms with van der Waals surface area (Å²) in [5.74, 6) is 0. The van der Waals surface area contributed by atoms with E-state index < -0.39 is 0 Å². The molecule has 0 bridgehead atoms. The lowest BCUT2D eigenvalue weighted by Gasteiger charge is -2.40. The van der Waals surface area contributed by atoms with Gasteiger partial charge in [-0.3, -0.25) is 9.80 Å². The van der Waals surface area contributed by atoms with E-state index in [0.717, 1.165) is 26.2 Å². The first-order valence-corrected chi connectivity index (χ1v) is 10.1. The van der Waals surface area contributed by atoms with Crippen LogP contribution in [0.2, 0.25) is 0 Å². The molecule has 2 aromatic rings. The SMILES string of the molecule is CC(O)N1CCN(C(c2ccc(N(C)C)cc2)c2ccc(N(C)C)cc2)CC1. The highest BCUT2D eigenvalue weighted by atomic mass is 16.3. The summed E-state index contributed by atoms with van der Waals surface area (Å²) in [6.45, 7) is 5.52. The zero-order valence-electron chi connectivity index (χ0n) is 17.8. The Hall–Kier alpha value is -2.08. The summed E-state index contributed by atoms with van der Waals surface area (Å²) in [6, 6.07) is 18.0. The fraction of sp³-hybridized carbons (Fsp3) is 0.478. The molecule has 1 aliphatic heterocycles. The van der Waals surface area contributed by atoms with Crippen LogP contribution in [0, 0.1) is 0 Å². The molecule has 28 heavy (non-hydrogen) atoms. The van der Waals surface area contributed by atoms with Crippen molar-refractivity contribution in [2.75, 3.05) is 64.2 Å². The maximum absolute atomic E-state index is 9.90. The van der Waals surface area contributed by atoms with Crippen LogP contribution in [0.25, 0.3) is 0 Å². The first-order chi connectivity index (χ1) is 13.4. The van der Waals surface area contributed by atoms with Gasteiger partial charge in [0.05, 0.1) is 6.04 Å². The van der Waals surface area contributed by atoms with E-state index in [9.17, 15) is 5.11 Å². The molecule has 2 aromatic carbocycles. The van der Waals surface area contributed by atoms with E-state index in [1.807, 2.05) is 6.92 Å². The van der Waals surface area contributed by atoms with Crippen LogP contribution in [0.4, 0.5) is 11.4 Å². The standard InChI is InChI=1S/C23H34N4O/c1-18(28)26-14-16-27(17-15-26)23(19-6-10-21(11-7-19)24(2)3)20-8-12-22(13-9-20)25(4)5/h6-13,18,23,28H,14-17H2,1-5H3. The van der Waals surface area contributed by atoms with Gasteiger partial charge in [-0.15, -0.1) is 0 Å². The van der Waals surface area contributed by atoms with Crippen LogP contribution in [0.15, 0.2) is 48.5 Å². The molecule has 1 N–H and O–H groups in total. The highest BCUT2D eigenvalue weighted by Crippen LogP contribution is 2.32. The Kier molecular flexibility index (Phi) is 6.60. The van der Waals surface area contributed by atoms with Gasteiger partial charge in [0, 0.05) is 65.7 Å². The van der Waals surface area contributed by atoms with Gasteiger partial charge >= 0.3 is 0 Å². The Morgan fingerprint density at radius 3 is 1.36 bits per heavy atom. The van der Waals surface area contributed by atoms with Gasteiger partial charge in [-0.05, 0) is 42.3 Å². The van der Waals surface area contributed by atoms with Gasteiger partial charge in [-0.2, -0.15) is 0 Å². The number of hydrogen-bond donors (Lipinski definition) is 1. The lowest BCUT2D eigenvalue weighted by atomic mass is 9.95. The van der Waals surface area contributed by atoms with E-state index in [-0.39, 0.29) is 12.3 Å². The zero-order valence-corrected chi connectivity index (χ0v) is 17.8. The predicted molar refractivity (Wildman–Crippen MR) is 118 cm³/mol. The fourth-order valence-electron chi connectivity index (χ4n) is 3.89. The van der Waals surface area contributed by atoms with Crippen LogP contribution >= 0.6 is 0 Å². The summed E-state index contributed by atoms with van der Waals surface area (Å²) in [7, 11) is 8.28. The van der Waals surface area contributed by atoms with Gasteiger partial charge < -0.3 is 14.9 Å². The van der Waals surface area contributed by atoms with Crippen molar-refractivity contribution in [1.29, 1.82) is 0 Å². The summed E-state index contributed by atoms with van der Waals surface area (Å²) in [4.78, 5) is 8.93. The second-order valence-corrected chi connectivity index (χ2v) is 8.08. The van der Waals surface area contributed by atoms with Crippen LogP contribution < -0.4 is 9.80 Å². The number of aliphatic hydroxyl groups excluding tert-OH is 1. The third kappa shape index (κ3) is 4.66. The van der Waals surface area contributed by atoms with Crippen molar-refractivity contribution in [1.82, 2.24) is 9.80 Å². The third-order valence-corrected chi connectivity index (χ3v) is 5.69. The van der Waals surface area contributed by atoms with Gasteiger partial charge in [-0.1, -0.05) is 24.3 Å². The maximum atomic E-state index is 9.90. The molecule has 3 rings (SSSR count). The molecule has 0 amide bonds. The minimum absolute atomic E-state index is 0.226. The summed E-state index contributed by atoms with van der Waals surface area (Å²) < 4.78 is 0. The van der Waals surface area contributed by atoms with E-state index in [1.54, 1.807) is 0 Å². The Balaban J connectivity index is 1.90. The predicted octanol–water partition coefficient (Wildman–Crippen LogP) is 2.86. The second kappa shape index (κ2) is 8.95. The van der Waals surface area contributed by atoms with Crippen molar-refractivity contribution in [3.05, 3.63) is 59.7 Å². The zero-order chi connectivity index (χ0) is 20.3. The molecule has 1 heterocycles. The summed E-state index contributed by atoms with van der Waals surface area (Å²) in [6.07, 6.45) is -0.376. The van der Waals surface area contributed by atoms with Crippen LogP contribution in [-0.2, 0) is 0 Å². The first kappa shape index (κ1) is 20.6. The number of rotatable bonds is 6. The van der Waals surface area contributed by atoms with Gasteiger partial charge in [0.15, 0.2) is 0 Å². The lowest BCUT2D eigenvalue weighted by molar-refractivity contribution is -0.0182. The molecule has 0 spiro atoms. The topological polar surface area (TPSA) is 33.2 Å². The minimum atomic E-state index is -0.376. The molecule has 1 saturated heterocycles. The molecule has 0 aliphatic carbocycles. The number of aliphatic hydroxyl groups is 1. The van der Waals surface area contributed by atoms with Crippen LogP contribution in [0.5, 0.6) is 0 Å². The molecule has 0 aromatic heterocycles. The number of nitrogens with zero attached hydrogens (tertiary/aromatic N) is 4. The molecule has 1 unspecified atom stereocenters. The second-order valence-electron chi connectivity index (χ2n) is 8.08. The van der Waals surface area contributed by atoms with Crippen molar-refractivity contribution in [2.24, 2.45) is 0 Å². The molecule has 0 radical (unpaired) electrons. The molecule has 0 saturated carbocycles. The van der Waals surface area contributed by atoms with Gasteiger partial charge in [0.1, 0.15) is 6.23 Å². The van der Waals surface area contributed by atoms with Gasteiger partial charge in [-0.25, -0.2) is 0 Å². The number of benzene rings is 2. The minimum Gasteiger partial charge on any atom is -0.379 e. The smallest absolute Gasteiger partial charge is 0.104 e. The van der Waals surface area contributed by atoms with Crippen molar-refractivity contribution in [2.45, 2.75) is 19.2 Å². The molecule has 152 valence electrons. The third-order valence-electron chi connectivity index (χ3n) is 5.69. The first-order valence-electron chi connectivity index (χ1n) is 10.1. The Bertz CT molecular complexity index is 681. The molecule has 1 aliphatic rings. The summed E-state index contributed by atoms with van der Waals surface area (Å²) in [5, 5.41) is 9.90. The highest BCUT2D eigenvalue weighted by molar-refractivity contribution is 5.50. The van der Waals surface area contributed by atoms with Gasteiger partial charge in [0.25, 0.3) is 0 Å². The van der Waals surface area contributed by atoms with Crippen LogP contribution in [-0.4, -0.2) is 75.5 Å². The van der Waals surface area contributed by atoms with Crippen molar-refractivity contribution >= 4 is 11.4 Å². The molecular formula is C23H34N4O. The lowest BCUT2D eigenvalue weighted by Crippen LogP contribution is -2.50. The largest absolute Gasteiger partial charge is 0.379 e. The van der Waals surface area contributed by atoms with Crippen molar-refractivity contribution in [3.8, 4) is 0 Å². The summed E-state index contributed by atoms with van der Waals surface area (Å²) in [5.41, 5.74) is 5.05. The number of piperazine rings is 1. The van der Waals surface area contributed by atoms with E-state index in [0.29, 0.717) is 0 Å². The molecule has 5 heteroatoms. The van der Waals surface area contributed by atoms with Crippen LogP contribution in [0.3, 0.4) is 0 Å². The average molecular weight is 383 g/mol. The van der Waals surface area contributed by atoms with Crippen molar-refractivity contribution < 1.29 is 5.11 Å². The monoisotopic (exact) mass is 382 g/mol. The van der Waals surface area contributed by atoms with Crippen LogP contribution in [0.1, 0.15) is 24.1 Å². The average Bonchev–Trinajstić information content (AvgIpc) is 2.69. The van der Waals surface area contributed by atoms with E-state index in [4.69, 9.17) is 0 Å². The number of anilines is 2. The quantitative estimate of drug-likeness (QED) is 0.831. The molecule has 1 atom stereocenters. The molecule has 1 fully saturated rings. The summed E-state index contributed by atoms with van der Waals surface area (Å²) >= 11 is 0. The van der Waals surface area contributed by atoms with E-state index in [1.165, 1.54) is 22.5 Å². The maximum Gasteiger partial charge on any atom is 0.104 e. The Morgan fingerprint density at radius 1 is 0.679 bits per heavy atom. The normalized spacial score (nSPS) is 17.0. The Labute approximate surface area is 169 Å². The highest BCUT2D eigenvalue weighted by Gasteiger charge is 2.27. The van der Waals surface area contributed by atoms with Crippen molar-refractivity contribution in [3.63, 3.8) is 0 Å².